The highest BCUT2D eigenvalue weighted by Crippen LogP contribution is 2.23. The van der Waals surface area contributed by atoms with Gasteiger partial charge in [-0.3, -0.25) is 4.68 Å². The molecule has 2 heterocycles. The van der Waals surface area contributed by atoms with Gasteiger partial charge in [-0.1, -0.05) is 0 Å². The van der Waals surface area contributed by atoms with Gasteiger partial charge in [-0.25, -0.2) is 0 Å². The smallest absolute Gasteiger partial charge is 0.0779 e. The van der Waals surface area contributed by atoms with Crippen molar-refractivity contribution < 1.29 is 4.74 Å². The molecule has 2 rings (SSSR count). The van der Waals surface area contributed by atoms with Crippen LogP contribution in [0.3, 0.4) is 0 Å². The van der Waals surface area contributed by atoms with E-state index in [9.17, 15) is 0 Å². The number of ether oxygens (including phenoxy) is 1. The Morgan fingerprint density at radius 3 is 3.20 bits per heavy atom. The average Bonchev–Trinajstić information content (AvgIpc) is 2.84. The van der Waals surface area contributed by atoms with Crippen LogP contribution in [0.15, 0.2) is 18.5 Å². The third kappa shape index (κ3) is 3.04. The molecular formula is C11H19N3O. The molecule has 0 aromatic carbocycles. The van der Waals surface area contributed by atoms with Crippen LogP contribution >= 0.6 is 0 Å². The fourth-order valence-corrected chi connectivity index (χ4v) is 1.96. The number of nitrogens with one attached hydrogen (secondary N) is 1. The van der Waals surface area contributed by atoms with Crippen LogP contribution in [-0.2, 0) is 11.3 Å². The van der Waals surface area contributed by atoms with Crippen molar-refractivity contribution in [3.63, 3.8) is 0 Å². The van der Waals surface area contributed by atoms with E-state index in [4.69, 9.17) is 4.74 Å². The van der Waals surface area contributed by atoms with Crippen molar-refractivity contribution in [3.05, 3.63) is 18.5 Å². The highest BCUT2D eigenvalue weighted by Gasteiger charge is 2.28. The molecule has 0 saturated carbocycles. The van der Waals surface area contributed by atoms with Gasteiger partial charge in [0, 0.05) is 32.1 Å². The van der Waals surface area contributed by atoms with E-state index in [-0.39, 0.29) is 5.60 Å². The van der Waals surface area contributed by atoms with Gasteiger partial charge in [0.05, 0.1) is 12.1 Å². The summed E-state index contributed by atoms with van der Waals surface area (Å²) in [6.45, 7) is 5.90. The van der Waals surface area contributed by atoms with E-state index in [1.54, 1.807) is 6.20 Å². The van der Waals surface area contributed by atoms with Gasteiger partial charge in [0.25, 0.3) is 0 Å². The average molecular weight is 209 g/mol. The lowest BCUT2D eigenvalue weighted by Crippen LogP contribution is -2.38. The summed E-state index contributed by atoms with van der Waals surface area (Å²) in [6.07, 6.45) is 6.15. The molecule has 1 aliphatic heterocycles. The molecule has 1 aromatic heterocycles. The topological polar surface area (TPSA) is 39.1 Å². The first-order chi connectivity index (χ1) is 7.29. The Kier molecular flexibility index (Phi) is 3.38. The van der Waals surface area contributed by atoms with Crippen LogP contribution in [0, 0.1) is 0 Å². The SMILES string of the molecule is CC1(CNCCn2cccn2)CCCO1. The van der Waals surface area contributed by atoms with Crippen molar-refractivity contribution in [2.75, 3.05) is 19.7 Å². The van der Waals surface area contributed by atoms with E-state index >= 15 is 0 Å². The Morgan fingerprint density at radius 2 is 2.53 bits per heavy atom. The largest absolute Gasteiger partial charge is 0.374 e. The first-order valence-corrected chi connectivity index (χ1v) is 5.61. The van der Waals surface area contributed by atoms with Crippen LogP contribution in [0.2, 0.25) is 0 Å². The highest BCUT2D eigenvalue weighted by molar-refractivity contribution is 4.82. The lowest BCUT2D eigenvalue weighted by atomic mass is 10.0. The van der Waals surface area contributed by atoms with E-state index in [1.165, 1.54) is 12.8 Å². The Morgan fingerprint density at radius 1 is 1.60 bits per heavy atom. The predicted molar refractivity (Wildman–Crippen MR) is 58.7 cm³/mol. The second kappa shape index (κ2) is 4.77. The summed E-state index contributed by atoms with van der Waals surface area (Å²) in [6, 6.07) is 1.95. The molecule has 1 N–H and O–H groups in total. The summed E-state index contributed by atoms with van der Waals surface area (Å²) in [7, 11) is 0. The quantitative estimate of drug-likeness (QED) is 0.736. The third-order valence-electron chi connectivity index (χ3n) is 2.88. The summed E-state index contributed by atoms with van der Waals surface area (Å²) in [5, 5.41) is 7.57. The minimum Gasteiger partial charge on any atom is -0.374 e. The van der Waals surface area contributed by atoms with Gasteiger partial charge in [0.15, 0.2) is 0 Å². The summed E-state index contributed by atoms with van der Waals surface area (Å²) < 4.78 is 7.63. The number of hydrogen-bond acceptors (Lipinski definition) is 3. The minimum atomic E-state index is 0.0596. The van der Waals surface area contributed by atoms with Gasteiger partial charge >= 0.3 is 0 Å². The molecule has 1 unspecified atom stereocenters. The molecule has 0 aliphatic carbocycles. The number of aromatic nitrogens is 2. The van der Waals surface area contributed by atoms with Gasteiger partial charge in [-0.05, 0) is 25.8 Å². The zero-order valence-electron chi connectivity index (χ0n) is 9.28. The molecule has 1 aliphatic rings. The second-order valence-electron chi connectivity index (χ2n) is 4.35. The summed E-state index contributed by atoms with van der Waals surface area (Å²) in [5.41, 5.74) is 0.0596. The van der Waals surface area contributed by atoms with Crippen molar-refractivity contribution >= 4 is 0 Å². The first-order valence-electron chi connectivity index (χ1n) is 5.61. The predicted octanol–water partition coefficient (Wildman–Crippen LogP) is 1.04. The molecule has 0 amide bonds. The van der Waals surface area contributed by atoms with E-state index in [1.807, 2.05) is 16.9 Å². The minimum absolute atomic E-state index is 0.0596. The number of rotatable bonds is 5. The van der Waals surface area contributed by atoms with Gasteiger partial charge in [-0.2, -0.15) is 5.10 Å². The van der Waals surface area contributed by atoms with E-state index < -0.39 is 0 Å². The monoisotopic (exact) mass is 209 g/mol. The van der Waals surface area contributed by atoms with Crippen LogP contribution in [0.1, 0.15) is 19.8 Å². The van der Waals surface area contributed by atoms with Crippen LogP contribution in [0.4, 0.5) is 0 Å². The first kappa shape index (κ1) is 10.6. The maximum Gasteiger partial charge on any atom is 0.0779 e. The molecule has 0 spiro atoms. The van der Waals surface area contributed by atoms with Crippen molar-refractivity contribution in [2.24, 2.45) is 0 Å². The molecule has 1 aromatic rings. The zero-order valence-corrected chi connectivity index (χ0v) is 9.28. The lowest BCUT2D eigenvalue weighted by Gasteiger charge is -2.23. The van der Waals surface area contributed by atoms with Gasteiger partial charge in [-0.15, -0.1) is 0 Å². The third-order valence-corrected chi connectivity index (χ3v) is 2.88. The van der Waals surface area contributed by atoms with Gasteiger partial charge in [0.2, 0.25) is 0 Å². The zero-order chi connectivity index (χ0) is 10.6. The van der Waals surface area contributed by atoms with Crippen molar-refractivity contribution in [1.82, 2.24) is 15.1 Å². The molecule has 0 bridgehead atoms. The second-order valence-corrected chi connectivity index (χ2v) is 4.35. The molecule has 1 atom stereocenters. The molecule has 4 heteroatoms. The highest BCUT2D eigenvalue weighted by atomic mass is 16.5. The number of nitrogens with zero attached hydrogens (tertiary/aromatic N) is 2. The van der Waals surface area contributed by atoms with Gasteiger partial charge < -0.3 is 10.1 Å². The normalized spacial score (nSPS) is 25.9. The Hall–Kier alpha value is -0.870. The van der Waals surface area contributed by atoms with Crippen molar-refractivity contribution in [2.45, 2.75) is 31.9 Å². The molecular weight excluding hydrogens is 190 g/mol. The van der Waals surface area contributed by atoms with E-state index in [0.29, 0.717) is 0 Å². The van der Waals surface area contributed by atoms with E-state index in [0.717, 1.165) is 26.2 Å². The summed E-state index contributed by atoms with van der Waals surface area (Å²) in [5.74, 6) is 0. The molecule has 4 nitrogen and oxygen atoms in total. The van der Waals surface area contributed by atoms with Crippen LogP contribution < -0.4 is 5.32 Å². The lowest BCUT2D eigenvalue weighted by molar-refractivity contribution is 0.0209. The molecule has 1 saturated heterocycles. The number of hydrogen-bond donors (Lipinski definition) is 1. The van der Waals surface area contributed by atoms with Gasteiger partial charge in [0.1, 0.15) is 0 Å². The van der Waals surface area contributed by atoms with Crippen molar-refractivity contribution in [1.29, 1.82) is 0 Å². The summed E-state index contributed by atoms with van der Waals surface area (Å²) >= 11 is 0. The molecule has 15 heavy (non-hydrogen) atoms. The molecule has 1 fully saturated rings. The molecule has 0 radical (unpaired) electrons. The fourth-order valence-electron chi connectivity index (χ4n) is 1.96. The standard InChI is InChI=1S/C11H19N3O/c1-11(4-2-9-15-11)10-12-6-8-14-7-3-5-13-14/h3,5,7,12H,2,4,6,8-10H2,1H3. The van der Waals surface area contributed by atoms with E-state index in [2.05, 4.69) is 17.3 Å². The Balaban J connectivity index is 1.62. The summed E-state index contributed by atoms with van der Waals surface area (Å²) in [4.78, 5) is 0. The van der Waals surface area contributed by atoms with Crippen LogP contribution in [-0.4, -0.2) is 35.1 Å². The Labute approximate surface area is 90.6 Å². The maximum absolute atomic E-state index is 5.69. The Bertz CT molecular complexity index is 278. The van der Waals surface area contributed by atoms with Crippen LogP contribution in [0.5, 0.6) is 0 Å². The maximum atomic E-state index is 5.69. The molecule has 84 valence electrons. The van der Waals surface area contributed by atoms with Crippen LogP contribution in [0.25, 0.3) is 0 Å². The fraction of sp³-hybridized carbons (Fsp3) is 0.727. The van der Waals surface area contributed by atoms with Crippen molar-refractivity contribution in [3.8, 4) is 0 Å².